The Hall–Kier alpha value is -3.35. The van der Waals surface area contributed by atoms with Gasteiger partial charge in [-0.2, -0.15) is 0 Å². The molecule has 1 fully saturated rings. The predicted molar refractivity (Wildman–Crippen MR) is 133 cm³/mol. The van der Waals surface area contributed by atoms with E-state index in [4.69, 9.17) is 9.84 Å². The molecule has 0 unspecified atom stereocenters. The summed E-state index contributed by atoms with van der Waals surface area (Å²) in [4.78, 5) is 37.6. The Morgan fingerprint density at radius 1 is 0.971 bits per heavy atom. The smallest absolute Gasteiger partial charge is 0.407 e. The van der Waals surface area contributed by atoms with E-state index in [1.165, 1.54) is 27.2 Å². The third kappa shape index (κ3) is 5.66. The second-order valence-corrected chi connectivity index (χ2v) is 10.7. The number of nitrogens with one attached hydrogen (secondary N) is 1. The van der Waals surface area contributed by atoms with Crippen molar-refractivity contribution in [1.29, 1.82) is 0 Å². The van der Waals surface area contributed by atoms with Gasteiger partial charge in [0.2, 0.25) is 5.91 Å². The number of carbonyl (C=O) groups is 3. The lowest BCUT2D eigenvalue weighted by Crippen LogP contribution is -2.49. The molecule has 0 atom stereocenters. The molecule has 0 heterocycles. The quantitative estimate of drug-likeness (QED) is 0.576. The molecule has 2 aromatic carbocycles. The fourth-order valence-corrected chi connectivity index (χ4v) is 5.28. The van der Waals surface area contributed by atoms with E-state index in [1.807, 2.05) is 45.0 Å². The molecule has 1 saturated carbocycles. The van der Waals surface area contributed by atoms with E-state index in [-0.39, 0.29) is 30.9 Å². The van der Waals surface area contributed by atoms with E-state index in [9.17, 15) is 14.4 Å². The summed E-state index contributed by atoms with van der Waals surface area (Å²) in [5, 5.41) is 12.0. The first kappa shape index (κ1) is 24.8. The topological polar surface area (TPSA) is 95.9 Å². The van der Waals surface area contributed by atoms with Crippen LogP contribution in [0.25, 0.3) is 11.1 Å². The number of carbonyl (C=O) groups excluding carboxylic acids is 2. The number of aliphatic carboxylic acids is 1. The van der Waals surface area contributed by atoms with Gasteiger partial charge in [0.25, 0.3) is 0 Å². The van der Waals surface area contributed by atoms with Crippen LogP contribution >= 0.6 is 0 Å². The minimum atomic E-state index is -1.01. The van der Waals surface area contributed by atoms with Gasteiger partial charge in [-0.25, -0.2) is 4.79 Å². The molecule has 0 radical (unpaired) electrons. The lowest BCUT2D eigenvalue weighted by atomic mass is 9.73. The number of hydrogen-bond donors (Lipinski definition) is 2. The minimum absolute atomic E-state index is 0.0313. The van der Waals surface area contributed by atoms with Crippen LogP contribution in [-0.4, -0.2) is 53.2 Å². The number of alkyl carbamates (subject to hydrolysis) is 1. The van der Waals surface area contributed by atoms with Crippen molar-refractivity contribution in [3.63, 3.8) is 0 Å². The Morgan fingerprint density at radius 2 is 1.54 bits per heavy atom. The van der Waals surface area contributed by atoms with Crippen molar-refractivity contribution < 1.29 is 24.2 Å². The molecule has 7 nitrogen and oxygen atoms in total. The van der Waals surface area contributed by atoms with Crippen molar-refractivity contribution in [2.45, 2.75) is 51.5 Å². The molecule has 2 aromatic rings. The number of carboxylic acid groups (broad SMARTS) is 1. The molecule has 0 bridgehead atoms. The molecule has 2 N–H and O–H groups in total. The van der Waals surface area contributed by atoms with Crippen LogP contribution in [0.5, 0.6) is 0 Å². The SMILES string of the molecule is CC(C)(C)N(CC(=O)O)C(=O)CC1CC(CNC(=O)OCC2c3ccccc3-c3ccccc32)C1. The van der Waals surface area contributed by atoms with Gasteiger partial charge >= 0.3 is 12.1 Å². The van der Waals surface area contributed by atoms with Crippen LogP contribution in [0.3, 0.4) is 0 Å². The summed E-state index contributed by atoms with van der Waals surface area (Å²) >= 11 is 0. The number of nitrogens with zero attached hydrogens (tertiary/aromatic N) is 1. The number of amides is 2. The zero-order valence-corrected chi connectivity index (χ0v) is 20.6. The van der Waals surface area contributed by atoms with E-state index < -0.39 is 17.6 Å². The predicted octanol–water partition coefficient (Wildman–Crippen LogP) is 4.65. The van der Waals surface area contributed by atoms with Crippen molar-refractivity contribution >= 4 is 18.0 Å². The van der Waals surface area contributed by atoms with Crippen molar-refractivity contribution in [2.24, 2.45) is 11.8 Å². The molecule has 35 heavy (non-hydrogen) atoms. The summed E-state index contributed by atoms with van der Waals surface area (Å²) in [6.45, 7) is 6.04. The van der Waals surface area contributed by atoms with Gasteiger partial charge in [0, 0.05) is 24.4 Å². The highest BCUT2D eigenvalue weighted by Gasteiger charge is 2.35. The number of benzene rings is 2. The Kier molecular flexibility index (Phi) is 7.15. The van der Waals surface area contributed by atoms with Gasteiger partial charge in [-0.1, -0.05) is 48.5 Å². The van der Waals surface area contributed by atoms with Gasteiger partial charge in [0.15, 0.2) is 0 Å². The summed E-state index contributed by atoms with van der Waals surface area (Å²) in [6, 6.07) is 16.5. The third-order valence-corrected chi connectivity index (χ3v) is 7.08. The highest BCUT2D eigenvalue weighted by Crippen LogP contribution is 2.44. The number of ether oxygens (including phenoxy) is 1. The Labute approximate surface area is 206 Å². The number of rotatable bonds is 8. The molecule has 0 aliphatic heterocycles. The van der Waals surface area contributed by atoms with Crippen LogP contribution in [0, 0.1) is 11.8 Å². The molecular formula is C28H34N2O5. The second kappa shape index (κ2) is 10.1. The molecule has 2 aliphatic carbocycles. The summed E-state index contributed by atoms with van der Waals surface area (Å²) in [6.07, 6.45) is 1.58. The van der Waals surface area contributed by atoms with Crippen LogP contribution < -0.4 is 5.32 Å². The maximum Gasteiger partial charge on any atom is 0.407 e. The minimum Gasteiger partial charge on any atom is -0.480 e. The lowest BCUT2D eigenvalue weighted by molar-refractivity contribution is -0.149. The lowest BCUT2D eigenvalue weighted by Gasteiger charge is -2.39. The van der Waals surface area contributed by atoms with E-state index in [0.29, 0.717) is 18.9 Å². The third-order valence-electron chi connectivity index (χ3n) is 7.08. The molecule has 4 rings (SSSR count). The van der Waals surface area contributed by atoms with Crippen LogP contribution in [0.1, 0.15) is 57.1 Å². The highest BCUT2D eigenvalue weighted by molar-refractivity contribution is 5.82. The monoisotopic (exact) mass is 478 g/mol. The number of hydrogen-bond acceptors (Lipinski definition) is 4. The summed E-state index contributed by atoms with van der Waals surface area (Å²) in [5.74, 6) is -0.588. The Morgan fingerprint density at radius 3 is 2.09 bits per heavy atom. The standard InChI is InChI=1S/C28H34N2O5/c1-28(2,3)30(16-26(32)33)25(31)14-18-12-19(13-18)15-29-27(34)35-17-24-22-10-6-4-8-20(22)21-9-5-7-11-23(21)24/h4-11,18-19,24H,12-17H2,1-3H3,(H,29,34)(H,32,33). The number of fused-ring (bicyclic) bond motifs is 3. The van der Waals surface area contributed by atoms with E-state index in [2.05, 4.69) is 29.6 Å². The fraction of sp³-hybridized carbons (Fsp3) is 0.464. The van der Waals surface area contributed by atoms with E-state index >= 15 is 0 Å². The molecule has 186 valence electrons. The van der Waals surface area contributed by atoms with Gasteiger partial charge in [0.05, 0.1) is 0 Å². The summed E-state index contributed by atoms with van der Waals surface area (Å²) in [7, 11) is 0. The van der Waals surface area contributed by atoms with Crippen molar-refractivity contribution in [1.82, 2.24) is 10.2 Å². The fourth-order valence-electron chi connectivity index (χ4n) is 5.28. The van der Waals surface area contributed by atoms with Crippen LogP contribution in [0.15, 0.2) is 48.5 Å². The van der Waals surface area contributed by atoms with Gasteiger partial charge in [-0.05, 0) is 67.7 Å². The average molecular weight is 479 g/mol. The number of carboxylic acids is 1. The van der Waals surface area contributed by atoms with Gasteiger partial charge in [0.1, 0.15) is 13.2 Å². The maximum atomic E-state index is 12.7. The molecule has 7 heteroatoms. The molecule has 0 spiro atoms. The molecule has 2 amide bonds. The highest BCUT2D eigenvalue weighted by atomic mass is 16.5. The van der Waals surface area contributed by atoms with Crippen molar-refractivity contribution in [2.75, 3.05) is 19.7 Å². The Bertz CT molecular complexity index is 1060. The molecule has 0 aromatic heterocycles. The van der Waals surface area contributed by atoms with Crippen LogP contribution in [0.4, 0.5) is 4.79 Å². The van der Waals surface area contributed by atoms with Crippen molar-refractivity contribution in [3.8, 4) is 11.1 Å². The second-order valence-electron chi connectivity index (χ2n) is 10.7. The van der Waals surface area contributed by atoms with Gasteiger partial charge in [-0.15, -0.1) is 0 Å². The zero-order valence-electron chi connectivity index (χ0n) is 20.6. The van der Waals surface area contributed by atoms with Crippen LogP contribution in [-0.2, 0) is 14.3 Å². The first-order valence-corrected chi connectivity index (χ1v) is 12.2. The molecule has 2 aliphatic rings. The molecule has 0 saturated heterocycles. The van der Waals surface area contributed by atoms with Gasteiger partial charge < -0.3 is 20.1 Å². The normalized spacial score (nSPS) is 18.7. The first-order chi connectivity index (χ1) is 16.6. The van der Waals surface area contributed by atoms with E-state index in [1.54, 1.807) is 0 Å². The Balaban J connectivity index is 1.21. The zero-order chi connectivity index (χ0) is 25.2. The summed E-state index contributed by atoms with van der Waals surface area (Å²) in [5.41, 5.74) is 4.21. The largest absolute Gasteiger partial charge is 0.480 e. The van der Waals surface area contributed by atoms with Gasteiger partial charge in [-0.3, -0.25) is 9.59 Å². The van der Waals surface area contributed by atoms with Crippen LogP contribution in [0.2, 0.25) is 0 Å². The summed E-state index contributed by atoms with van der Waals surface area (Å²) < 4.78 is 5.59. The van der Waals surface area contributed by atoms with Crippen molar-refractivity contribution in [3.05, 3.63) is 59.7 Å². The average Bonchev–Trinajstić information content (AvgIpc) is 3.10. The maximum absolute atomic E-state index is 12.7. The first-order valence-electron chi connectivity index (χ1n) is 12.2. The van der Waals surface area contributed by atoms with E-state index in [0.717, 1.165) is 12.8 Å². The molecular weight excluding hydrogens is 444 g/mol.